The molecule has 15 heavy (non-hydrogen) atoms. The minimum Gasteiger partial charge on any atom is -0.478 e. The van der Waals surface area contributed by atoms with Crippen LogP contribution in [0.4, 0.5) is 4.79 Å². The number of aliphatic carboxylic acids is 1. The molecule has 0 fully saturated rings. The highest BCUT2D eigenvalue weighted by Gasteiger charge is 2.32. The van der Waals surface area contributed by atoms with E-state index in [1.807, 2.05) is 0 Å². The van der Waals surface area contributed by atoms with Crippen LogP contribution in [0.15, 0.2) is 28.8 Å². The number of carbonyl (C=O) groups is 3. The molecule has 0 saturated heterocycles. The normalized spacial score (nSPS) is 23.9. The van der Waals surface area contributed by atoms with E-state index in [2.05, 4.69) is 9.73 Å². The average molecular weight is 207 g/mol. The van der Waals surface area contributed by atoms with Gasteiger partial charge in [-0.25, -0.2) is 9.59 Å². The number of amides is 1. The maximum absolute atomic E-state index is 11.2. The number of hydrogen-bond donors (Lipinski definition) is 1. The van der Waals surface area contributed by atoms with E-state index in [-0.39, 0.29) is 11.3 Å². The van der Waals surface area contributed by atoms with Gasteiger partial charge >= 0.3 is 18.0 Å². The van der Waals surface area contributed by atoms with Crippen molar-refractivity contribution in [3.63, 3.8) is 0 Å². The minimum atomic E-state index is -1.14. The molecule has 0 bridgehead atoms. The van der Waals surface area contributed by atoms with Gasteiger partial charge in [0, 0.05) is 0 Å². The van der Waals surface area contributed by atoms with Gasteiger partial charge in [0.1, 0.15) is 5.92 Å². The molecule has 1 unspecified atom stereocenters. The first-order valence-electron chi connectivity index (χ1n) is 4.05. The van der Waals surface area contributed by atoms with Crippen molar-refractivity contribution in [2.75, 3.05) is 0 Å². The van der Waals surface area contributed by atoms with Crippen LogP contribution in [0.25, 0.3) is 0 Å². The van der Waals surface area contributed by atoms with Gasteiger partial charge in [0.2, 0.25) is 0 Å². The molecular weight excluding hydrogens is 202 g/mol. The highest BCUT2D eigenvalue weighted by molar-refractivity contribution is 6.19. The molecule has 2 aliphatic rings. The summed E-state index contributed by atoms with van der Waals surface area (Å²) < 4.78 is 4.25. The summed E-state index contributed by atoms with van der Waals surface area (Å²) in [7, 11) is 0. The van der Waals surface area contributed by atoms with Gasteiger partial charge in [-0.3, -0.25) is 4.79 Å². The Balaban J connectivity index is 2.41. The predicted molar refractivity (Wildman–Crippen MR) is 47.3 cm³/mol. The number of hydrogen-bond acceptors (Lipinski definition) is 4. The average Bonchev–Trinajstić information content (AvgIpc) is 2.16. The Morgan fingerprint density at radius 2 is 2.13 bits per heavy atom. The van der Waals surface area contributed by atoms with Crippen LogP contribution in [0.5, 0.6) is 0 Å². The third-order valence-corrected chi connectivity index (χ3v) is 2.01. The van der Waals surface area contributed by atoms with E-state index in [1.54, 1.807) is 0 Å². The minimum absolute atomic E-state index is 0.0229. The number of ether oxygens (including phenoxy) is 1. The molecule has 0 radical (unpaired) electrons. The van der Waals surface area contributed by atoms with E-state index < -0.39 is 23.9 Å². The maximum Gasteiger partial charge on any atom is 0.441 e. The number of aliphatic imine (C=N–C) groups is 1. The van der Waals surface area contributed by atoms with Crippen LogP contribution in [-0.4, -0.2) is 28.9 Å². The lowest BCUT2D eigenvalue weighted by molar-refractivity contribution is -0.138. The molecule has 0 aromatic carbocycles. The lowest BCUT2D eigenvalue weighted by atomic mass is 9.93. The number of cyclic esters (lactones) is 2. The van der Waals surface area contributed by atoms with Crippen molar-refractivity contribution in [1.29, 1.82) is 0 Å². The Kier molecular flexibility index (Phi) is 1.96. The fraction of sp³-hybridized carbons (Fsp3) is 0.111. The second-order valence-corrected chi connectivity index (χ2v) is 2.96. The largest absolute Gasteiger partial charge is 0.478 e. The van der Waals surface area contributed by atoms with Crippen LogP contribution in [0.2, 0.25) is 0 Å². The molecule has 1 N–H and O–H groups in total. The van der Waals surface area contributed by atoms with Crippen molar-refractivity contribution in [3.8, 4) is 0 Å². The molecule has 2 rings (SSSR count). The number of carboxylic acid groups (broad SMARTS) is 1. The predicted octanol–water partition coefficient (Wildman–Crippen LogP) is 0.301. The van der Waals surface area contributed by atoms with E-state index in [9.17, 15) is 14.4 Å². The zero-order valence-electron chi connectivity index (χ0n) is 7.34. The van der Waals surface area contributed by atoms with Crippen LogP contribution in [0, 0.1) is 5.92 Å². The van der Waals surface area contributed by atoms with E-state index in [1.165, 1.54) is 18.2 Å². The Labute approximate surface area is 83.6 Å². The van der Waals surface area contributed by atoms with Gasteiger partial charge in [-0.15, -0.1) is 0 Å². The Bertz CT molecular complexity index is 457. The van der Waals surface area contributed by atoms with E-state index in [4.69, 9.17) is 5.11 Å². The first kappa shape index (κ1) is 9.32. The lowest BCUT2D eigenvalue weighted by Gasteiger charge is -2.18. The quantitative estimate of drug-likeness (QED) is 0.493. The summed E-state index contributed by atoms with van der Waals surface area (Å²) in [6.07, 6.45) is 2.84. The summed E-state index contributed by atoms with van der Waals surface area (Å²) in [5.41, 5.74) is 0.187. The molecule has 1 heterocycles. The fourth-order valence-corrected chi connectivity index (χ4v) is 1.32. The fourth-order valence-electron chi connectivity index (χ4n) is 1.32. The van der Waals surface area contributed by atoms with Crippen molar-refractivity contribution in [2.45, 2.75) is 0 Å². The van der Waals surface area contributed by atoms with Crippen LogP contribution >= 0.6 is 0 Å². The van der Waals surface area contributed by atoms with Gasteiger partial charge in [-0.05, 0) is 18.2 Å². The molecule has 1 amide bonds. The number of carboxylic acids is 1. The third kappa shape index (κ3) is 1.56. The molecule has 1 atom stereocenters. The number of rotatable bonds is 1. The van der Waals surface area contributed by atoms with Crippen molar-refractivity contribution in [3.05, 3.63) is 23.8 Å². The van der Waals surface area contributed by atoms with E-state index >= 15 is 0 Å². The van der Waals surface area contributed by atoms with Gasteiger partial charge in [-0.2, -0.15) is 4.99 Å². The Morgan fingerprint density at radius 1 is 1.40 bits per heavy atom. The van der Waals surface area contributed by atoms with Crippen molar-refractivity contribution >= 4 is 23.7 Å². The summed E-state index contributed by atoms with van der Waals surface area (Å²) in [6.45, 7) is 0. The molecule has 0 aromatic rings. The summed E-state index contributed by atoms with van der Waals surface area (Å²) in [6, 6.07) is 0. The summed E-state index contributed by atoms with van der Waals surface area (Å²) in [5, 5.41) is 8.69. The van der Waals surface area contributed by atoms with Crippen LogP contribution < -0.4 is 0 Å². The molecule has 76 valence electrons. The number of nitrogens with zero attached hydrogens (tertiary/aromatic N) is 1. The smallest absolute Gasteiger partial charge is 0.441 e. The van der Waals surface area contributed by atoms with Gasteiger partial charge in [-0.1, -0.05) is 0 Å². The van der Waals surface area contributed by atoms with Crippen molar-refractivity contribution < 1.29 is 24.2 Å². The number of carbonyl (C=O) groups excluding carboxylic acids is 2. The van der Waals surface area contributed by atoms with Gasteiger partial charge < -0.3 is 9.84 Å². The number of fused-ring (bicyclic) bond motifs is 1. The van der Waals surface area contributed by atoms with E-state index in [0.29, 0.717) is 0 Å². The second kappa shape index (κ2) is 3.16. The number of esters is 1. The lowest BCUT2D eigenvalue weighted by Crippen LogP contribution is -2.32. The number of allylic oxidation sites excluding steroid dienone is 1. The molecule has 0 aromatic heterocycles. The van der Waals surface area contributed by atoms with Crippen LogP contribution in [0.1, 0.15) is 0 Å². The molecule has 1 aliphatic carbocycles. The summed E-state index contributed by atoms with van der Waals surface area (Å²) >= 11 is 0. The zero-order valence-corrected chi connectivity index (χ0v) is 7.34. The van der Waals surface area contributed by atoms with Crippen molar-refractivity contribution in [1.82, 2.24) is 0 Å². The first-order chi connectivity index (χ1) is 7.08. The van der Waals surface area contributed by atoms with Gasteiger partial charge in [0.25, 0.3) is 0 Å². The van der Waals surface area contributed by atoms with E-state index in [0.717, 1.165) is 0 Å². The first-order valence-corrected chi connectivity index (χ1v) is 4.05. The topological polar surface area (TPSA) is 93.0 Å². The standard InChI is InChI=1S/C9H5NO5/c11-7(12)4-1-2-6-5(3-4)8(13)15-9(14)10-6/h1-3,5H,(H,11,12). The molecule has 6 heteroatoms. The van der Waals surface area contributed by atoms with Crippen LogP contribution in [0.3, 0.4) is 0 Å². The SMILES string of the molecule is O=C1N=C2C=CC(C(=O)O)=CC2C(=O)O1. The van der Waals surface area contributed by atoms with Crippen molar-refractivity contribution in [2.24, 2.45) is 10.9 Å². The third-order valence-electron chi connectivity index (χ3n) is 2.01. The molecule has 0 saturated carbocycles. The van der Waals surface area contributed by atoms with Crippen LogP contribution in [-0.2, 0) is 14.3 Å². The van der Waals surface area contributed by atoms with Gasteiger partial charge in [0.15, 0.2) is 0 Å². The molecular formula is C9H5NO5. The summed E-state index contributed by atoms with van der Waals surface area (Å²) in [5.74, 6) is -2.83. The molecule has 1 aliphatic heterocycles. The Hall–Kier alpha value is -2.24. The maximum atomic E-state index is 11.2. The monoisotopic (exact) mass is 207 g/mol. The second-order valence-electron chi connectivity index (χ2n) is 2.96. The molecule has 0 spiro atoms. The highest BCUT2D eigenvalue weighted by atomic mass is 16.6. The van der Waals surface area contributed by atoms with Gasteiger partial charge in [0.05, 0.1) is 11.3 Å². The molecule has 6 nitrogen and oxygen atoms in total. The highest BCUT2D eigenvalue weighted by Crippen LogP contribution is 2.20. The summed E-state index contributed by atoms with van der Waals surface area (Å²) in [4.78, 5) is 36.0. The Morgan fingerprint density at radius 3 is 2.80 bits per heavy atom. The zero-order chi connectivity index (χ0) is 11.0.